The molecule has 2 aromatic carbocycles. The van der Waals surface area contributed by atoms with Gasteiger partial charge in [-0.15, -0.1) is 12.4 Å². The van der Waals surface area contributed by atoms with E-state index in [4.69, 9.17) is 5.73 Å². The zero-order valence-corrected chi connectivity index (χ0v) is 17.9. The number of amides is 1. The summed E-state index contributed by atoms with van der Waals surface area (Å²) in [7, 11) is -3.55. The van der Waals surface area contributed by atoms with Gasteiger partial charge in [-0.05, 0) is 61.7 Å². The molecule has 3 rings (SSSR count). The lowest BCUT2D eigenvalue weighted by molar-refractivity contribution is 0.0697. The molecule has 0 radical (unpaired) electrons. The Bertz CT molecular complexity index is 984. The van der Waals surface area contributed by atoms with Crippen molar-refractivity contribution in [1.82, 2.24) is 9.21 Å². The molecule has 1 fully saturated rings. The number of piperazine rings is 1. The molecule has 0 spiro atoms. The number of rotatable bonds is 3. The highest BCUT2D eigenvalue weighted by atomic mass is 35.5. The van der Waals surface area contributed by atoms with Crippen LogP contribution < -0.4 is 5.73 Å². The smallest absolute Gasteiger partial charge is 0.254 e. The molecule has 28 heavy (non-hydrogen) atoms. The Morgan fingerprint density at radius 2 is 1.50 bits per heavy atom. The maximum Gasteiger partial charge on any atom is 0.254 e. The van der Waals surface area contributed by atoms with Gasteiger partial charge < -0.3 is 10.6 Å². The van der Waals surface area contributed by atoms with E-state index in [1.54, 1.807) is 29.2 Å². The zero-order valence-electron chi connectivity index (χ0n) is 16.3. The maximum atomic E-state index is 12.9. The molecule has 0 aromatic heterocycles. The number of hydrogen-bond acceptors (Lipinski definition) is 4. The van der Waals surface area contributed by atoms with Gasteiger partial charge in [0.15, 0.2) is 0 Å². The van der Waals surface area contributed by atoms with Crippen LogP contribution in [-0.2, 0) is 10.0 Å². The van der Waals surface area contributed by atoms with Crippen LogP contribution in [0.15, 0.2) is 41.3 Å². The molecule has 0 bridgehead atoms. The molecule has 0 aliphatic carbocycles. The average molecular weight is 424 g/mol. The van der Waals surface area contributed by atoms with Gasteiger partial charge in [0.2, 0.25) is 10.0 Å². The van der Waals surface area contributed by atoms with Crippen LogP contribution in [-0.4, -0.2) is 49.7 Å². The predicted molar refractivity (Wildman–Crippen MR) is 113 cm³/mol. The molecular formula is C20H26ClN3O3S. The minimum absolute atomic E-state index is 0. The Balaban J connectivity index is 0.00000280. The van der Waals surface area contributed by atoms with Crippen molar-refractivity contribution in [3.63, 3.8) is 0 Å². The number of carbonyl (C=O) groups is 1. The second-order valence-corrected chi connectivity index (χ2v) is 8.95. The Labute approximate surface area is 172 Å². The van der Waals surface area contributed by atoms with E-state index in [2.05, 4.69) is 0 Å². The van der Waals surface area contributed by atoms with Crippen LogP contribution in [0.5, 0.6) is 0 Å². The van der Waals surface area contributed by atoms with Crippen molar-refractivity contribution in [2.75, 3.05) is 31.9 Å². The first-order valence-electron chi connectivity index (χ1n) is 8.93. The van der Waals surface area contributed by atoms with Crippen LogP contribution in [0.25, 0.3) is 0 Å². The van der Waals surface area contributed by atoms with E-state index in [9.17, 15) is 13.2 Å². The largest absolute Gasteiger partial charge is 0.399 e. The molecule has 1 amide bonds. The van der Waals surface area contributed by atoms with E-state index in [-0.39, 0.29) is 31.4 Å². The third-order valence-electron chi connectivity index (χ3n) is 5.13. The summed E-state index contributed by atoms with van der Waals surface area (Å²) in [5.41, 5.74) is 9.78. The summed E-state index contributed by atoms with van der Waals surface area (Å²) >= 11 is 0. The van der Waals surface area contributed by atoms with Gasteiger partial charge in [-0.25, -0.2) is 8.42 Å². The van der Waals surface area contributed by atoms with Gasteiger partial charge in [-0.1, -0.05) is 12.1 Å². The molecule has 2 N–H and O–H groups in total. The Kier molecular flexibility index (Phi) is 6.75. The molecule has 1 aliphatic heterocycles. The molecule has 0 unspecified atom stereocenters. The minimum atomic E-state index is -3.55. The minimum Gasteiger partial charge on any atom is -0.399 e. The summed E-state index contributed by atoms with van der Waals surface area (Å²) in [5, 5.41) is 0. The molecule has 1 saturated heterocycles. The second kappa shape index (κ2) is 8.51. The number of nitrogens with two attached hydrogens (primary N) is 1. The zero-order chi connectivity index (χ0) is 19.8. The summed E-state index contributed by atoms with van der Waals surface area (Å²) in [6.07, 6.45) is 0. The second-order valence-electron chi connectivity index (χ2n) is 7.02. The third-order valence-corrected chi connectivity index (χ3v) is 7.03. The van der Waals surface area contributed by atoms with Crippen molar-refractivity contribution < 1.29 is 13.2 Å². The van der Waals surface area contributed by atoms with E-state index in [1.807, 2.05) is 32.9 Å². The fraction of sp³-hybridized carbons (Fsp3) is 0.350. The van der Waals surface area contributed by atoms with Gasteiger partial charge >= 0.3 is 0 Å². The van der Waals surface area contributed by atoms with Crippen LogP contribution in [0.2, 0.25) is 0 Å². The van der Waals surface area contributed by atoms with Crippen LogP contribution in [0, 0.1) is 20.8 Å². The summed E-state index contributed by atoms with van der Waals surface area (Å²) < 4.78 is 27.3. The molecule has 0 saturated carbocycles. The number of nitrogens with zero attached hydrogens (tertiary/aromatic N) is 2. The number of anilines is 1. The number of carbonyl (C=O) groups excluding carboxylic acids is 1. The first kappa shape index (κ1) is 22.2. The lowest BCUT2D eigenvalue weighted by Crippen LogP contribution is -2.50. The van der Waals surface area contributed by atoms with Gasteiger partial charge in [0.1, 0.15) is 0 Å². The maximum absolute atomic E-state index is 12.9. The van der Waals surface area contributed by atoms with Crippen molar-refractivity contribution in [2.45, 2.75) is 25.7 Å². The molecule has 1 heterocycles. The summed E-state index contributed by atoms with van der Waals surface area (Å²) in [4.78, 5) is 14.8. The van der Waals surface area contributed by atoms with E-state index in [0.29, 0.717) is 29.2 Å². The SMILES string of the molecule is Cc1ccc(S(=O)(=O)N2CCN(C(=O)c3cc(N)ccc3C)CC2)cc1C.Cl. The summed E-state index contributed by atoms with van der Waals surface area (Å²) in [5.74, 6) is -0.108. The van der Waals surface area contributed by atoms with Crippen molar-refractivity contribution in [2.24, 2.45) is 0 Å². The molecule has 0 atom stereocenters. The highest BCUT2D eigenvalue weighted by Gasteiger charge is 2.31. The number of hydrogen-bond donors (Lipinski definition) is 1. The molecular weight excluding hydrogens is 398 g/mol. The monoisotopic (exact) mass is 423 g/mol. The Morgan fingerprint density at radius 3 is 2.11 bits per heavy atom. The molecule has 8 heteroatoms. The quantitative estimate of drug-likeness (QED) is 0.769. The average Bonchev–Trinajstić information content (AvgIpc) is 2.65. The number of halogens is 1. The van der Waals surface area contributed by atoms with Crippen LogP contribution >= 0.6 is 12.4 Å². The predicted octanol–water partition coefficient (Wildman–Crippen LogP) is 2.76. The van der Waals surface area contributed by atoms with Crippen LogP contribution in [0.3, 0.4) is 0 Å². The van der Waals surface area contributed by atoms with Gasteiger partial charge in [0.05, 0.1) is 4.90 Å². The van der Waals surface area contributed by atoms with Gasteiger partial charge in [-0.2, -0.15) is 4.31 Å². The summed E-state index contributed by atoms with van der Waals surface area (Å²) in [6.45, 7) is 7.00. The van der Waals surface area contributed by atoms with Gasteiger partial charge in [-0.3, -0.25) is 4.79 Å². The van der Waals surface area contributed by atoms with Gasteiger partial charge in [0.25, 0.3) is 5.91 Å². The van der Waals surface area contributed by atoms with Crippen molar-refractivity contribution >= 4 is 34.0 Å². The summed E-state index contributed by atoms with van der Waals surface area (Å²) in [6, 6.07) is 10.4. The topological polar surface area (TPSA) is 83.7 Å². The lowest BCUT2D eigenvalue weighted by atomic mass is 10.1. The molecule has 152 valence electrons. The van der Waals surface area contributed by atoms with Crippen LogP contribution in [0.1, 0.15) is 27.0 Å². The van der Waals surface area contributed by atoms with Crippen molar-refractivity contribution in [3.8, 4) is 0 Å². The highest BCUT2D eigenvalue weighted by Crippen LogP contribution is 2.22. The lowest BCUT2D eigenvalue weighted by Gasteiger charge is -2.34. The van der Waals surface area contributed by atoms with E-state index in [0.717, 1.165) is 16.7 Å². The fourth-order valence-electron chi connectivity index (χ4n) is 3.20. The van der Waals surface area contributed by atoms with E-state index < -0.39 is 10.0 Å². The number of sulfonamides is 1. The molecule has 1 aliphatic rings. The van der Waals surface area contributed by atoms with Crippen molar-refractivity contribution in [3.05, 3.63) is 58.7 Å². The first-order chi connectivity index (χ1) is 12.7. The first-order valence-corrected chi connectivity index (χ1v) is 10.4. The van der Waals surface area contributed by atoms with Gasteiger partial charge in [0, 0.05) is 37.4 Å². The fourth-order valence-corrected chi connectivity index (χ4v) is 4.70. The van der Waals surface area contributed by atoms with Crippen molar-refractivity contribution in [1.29, 1.82) is 0 Å². The van der Waals surface area contributed by atoms with E-state index in [1.165, 1.54) is 4.31 Å². The Hall–Kier alpha value is -2.09. The third kappa shape index (κ3) is 4.32. The van der Waals surface area contributed by atoms with Crippen LogP contribution in [0.4, 0.5) is 5.69 Å². The highest BCUT2D eigenvalue weighted by molar-refractivity contribution is 7.89. The normalized spacial score (nSPS) is 15.2. The number of benzene rings is 2. The standard InChI is InChI=1S/C20H25N3O3S.ClH/c1-14-5-7-18(12-16(14)3)27(25,26)23-10-8-22(9-11-23)20(24)19-13-17(21)6-4-15(19)2;/h4-7,12-13H,8-11,21H2,1-3H3;1H. The number of aryl methyl sites for hydroxylation is 3. The number of nitrogen functional groups attached to an aromatic ring is 1. The molecule has 6 nitrogen and oxygen atoms in total. The molecule has 2 aromatic rings. The Morgan fingerprint density at radius 1 is 0.893 bits per heavy atom. The van der Waals surface area contributed by atoms with E-state index >= 15 is 0 Å².